The van der Waals surface area contributed by atoms with E-state index in [1.807, 2.05) is 0 Å². The van der Waals surface area contributed by atoms with Crippen LogP contribution >= 0.6 is 22.9 Å². The van der Waals surface area contributed by atoms with Crippen molar-refractivity contribution in [2.45, 2.75) is 33.2 Å². The number of aldehydes is 1. The predicted molar refractivity (Wildman–Crippen MR) is 137 cm³/mol. The first-order chi connectivity index (χ1) is 16.0. The van der Waals surface area contributed by atoms with Crippen LogP contribution < -0.4 is 16.0 Å². The summed E-state index contributed by atoms with van der Waals surface area (Å²) in [6, 6.07) is 4.55. The first kappa shape index (κ1) is 26.9. The Balaban J connectivity index is 0.000000297. The number of nitrogens with zero attached hydrogens (tertiary/aromatic N) is 2. The Labute approximate surface area is 203 Å². The molecule has 1 aliphatic heterocycles. The minimum atomic E-state index is -0.431. The Morgan fingerprint density at radius 2 is 2.12 bits per heavy atom. The van der Waals surface area contributed by atoms with Gasteiger partial charge < -0.3 is 20.7 Å². The van der Waals surface area contributed by atoms with Gasteiger partial charge in [0.05, 0.1) is 10.4 Å². The fourth-order valence-corrected chi connectivity index (χ4v) is 4.42. The van der Waals surface area contributed by atoms with Crippen molar-refractivity contribution in [2.24, 2.45) is 5.92 Å². The van der Waals surface area contributed by atoms with Crippen LogP contribution in [0.3, 0.4) is 0 Å². The maximum Gasteiger partial charge on any atom is 0.142 e. The molecule has 0 bridgehead atoms. The Hall–Kier alpha value is -2.39. The number of fused-ring (bicyclic) bond motifs is 3. The molecular weight excluding hydrogens is 461 g/mol. The molecule has 0 aliphatic carbocycles. The van der Waals surface area contributed by atoms with E-state index in [0.717, 1.165) is 41.8 Å². The van der Waals surface area contributed by atoms with E-state index in [2.05, 4.69) is 46.3 Å². The number of hydrogen-bond acceptors (Lipinski definition) is 7. The summed E-state index contributed by atoms with van der Waals surface area (Å²) >= 11 is 7.53. The molecule has 3 N–H and O–H groups in total. The SMILES string of the molecule is C=CC(C=O)CNC.CCC.Fc1ccc(Nc2ncnc3sc4c(c23)CCNC4)cc1Cl. The summed E-state index contributed by atoms with van der Waals surface area (Å²) in [5.41, 5.74) is 2.01. The second kappa shape index (κ2) is 14.0. The third kappa shape index (κ3) is 7.57. The second-order valence-corrected chi connectivity index (χ2v) is 8.88. The summed E-state index contributed by atoms with van der Waals surface area (Å²) in [4.78, 5) is 21.0. The van der Waals surface area contributed by atoms with Crippen molar-refractivity contribution < 1.29 is 9.18 Å². The Bertz CT molecular complexity index is 1050. The van der Waals surface area contributed by atoms with Gasteiger partial charge >= 0.3 is 0 Å². The van der Waals surface area contributed by atoms with Crippen LogP contribution in [0.5, 0.6) is 0 Å². The van der Waals surface area contributed by atoms with Gasteiger partial charge in [0.25, 0.3) is 0 Å². The molecule has 3 heterocycles. The van der Waals surface area contributed by atoms with Gasteiger partial charge in [0.1, 0.15) is 29.1 Å². The van der Waals surface area contributed by atoms with E-state index in [4.69, 9.17) is 11.6 Å². The molecule has 0 fully saturated rings. The summed E-state index contributed by atoms with van der Waals surface area (Å²) in [6.45, 7) is 10.2. The summed E-state index contributed by atoms with van der Waals surface area (Å²) in [5.74, 6) is 0.283. The number of carbonyl (C=O) groups is 1. The van der Waals surface area contributed by atoms with Gasteiger partial charge in [0, 0.05) is 29.6 Å². The molecule has 1 unspecified atom stereocenters. The van der Waals surface area contributed by atoms with Crippen molar-refractivity contribution in [3.8, 4) is 0 Å². The molecule has 178 valence electrons. The number of carbonyl (C=O) groups excluding carboxylic acids is 1. The minimum absolute atomic E-state index is 0.0278. The molecule has 9 heteroatoms. The zero-order valence-corrected chi connectivity index (χ0v) is 20.8. The molecule has 1 aromatic carbocycles. The number of halogens is 2. The molecule has 2 aromatic heterocycles. The zero-order chi connectivity index (χ0) is 24.2. The lowest BCUT2D eigenvalue weighted by molar-refractivity contribution is -0.109. The van der Waals surface area contributed by atoms with Gasteiger partial charge in [-0.15, -0.1) is 17.9 Å². The Morgan fingerprint density at radius 1 is 1.36 bits per heavy atom. The van der Waals surface area contributed by atoms with Crippen LogP contribution in [0.2, 0.25) is 5.02 Å². The smallest absolute Gasteiger partial charge is 0.142 e. The fourth-order valence-electron chi connectivity index (χ4n) is 3.09. The minimum Gasteiger partial charge on any atom is -0.340 e. The molecular formula is C24H31ClFN5OS. The van der Waals surface area contributed by atoms with Crippen LogP contribution in [0, 0.1) is 11.7 Å². The van der Waals surface area contributed by atoms with E-state index >= 15 is 0 Å². The maximum absolute atomic E-state index is 13.3. The highest BCUT2D eigenvalue weighted by molar-refractivity contribution is 7.19. The standard InChI is InChI=1S/C15H12ClFN4S.C6H11NO.C3H8/c16-10-5-8(1-2-11(10)17)21-14-13-9-3-4-18-6-12(9)22-15(13)20-7-19-14;1-3-6(5-8)4-7-2;1-3-2/h1-2,5,7,18H,3-4,6H2,(H,19,20,21);3,5-7H,1,4H2,2H3;3H2,1-2H3. The molecule has 6 nitrogen and oxygen atoms in total. The Morgan fingerprint density at radius 3 is 2.73 bits per heavy atom. The lowest BCUT2D eigenvalue weighted by Gasteiger charge is -2.13. The Kier molecular flexibility index (Phi) is 11.4. The molecule has 0 spiro atoms. The topological polar surface area (TPSA) is 78.9 Å². The van der Waals surface area contributed by atoms with Crippen molar-refractivity contribution in [1.82, 2.24) is 20.6 Å². The van der Waals surface area contributed by atoms with Gasteiger partial charge in [0.2, 0.25) is 0 Å². The number of benzene rings is 1. The lowest BCUT2D eigenvalue weighted by Crippen LogP contribution is -2.22. The fraction of sp³-hybridized carbons (Fsp3) is 0.375. The lowest BCUT2D eigenvalue weighted by atomic mass is 10.1. The highest BCUT2D eigenvalue weighted by Gasteiger charge is 2.19. The number of anilines is 2. The largest absolute Gasteiger partial charge is 0.340 e. The van der Waals surface area contributed by atoms with Gasteiger partial charge in [-0.2, -0.15) is 0 Å². The number of aromatic nitrogens is 2. The summed E-state index contributed by atoms with van der Waals surface area (Å²) in [5, 5.41) is 10.6. The second-order valence-electron chi connectivity index (χ2n) is 7.39. The van der Waals surface area contributed by atoms with Crippen molar-refractivity contribution in [3.63, 3.8) is 0 Å². The van der Waals surface area contributed by atoms with Crippen LogP contribution in [0.4, 0.5) is 15.9 Å². The average molecular weight is 492 g/mol. The van der Waals surface area contributed by atoms with Crippen molar-refractivity contribution in [3.05, 3.63) is 58.5 Å². The summed E-state index contributed by atoms with van der Waals surface area (Å²) in [6.07, 6.45) is 6.26. The van der Waals surface area contributed by atoms with Crippen LogP contribution in [-0.2, 0) is 17.8 Å². The molecule has 0 saturated carbocycles. The van der Waals surface area contributed by atoms with Crippen molar-refractivity contribution in [1.29, 1.82) is 0 Å². The molecule has 1 atom stereocenters. The molecule has 3 aromatic rings. The zero-order valence-electron chi connectivity index (χ0n) is 19.3. The molecule has 4 rings (SSSR count). The van der Waals surface area contributed by atoms with E-state index in [1.165, 1.54) is 22.9 Å². The van der Waals surface area contributed by atoms with Gasteiger partial charge in [-0.1, -0.05) is 37.9 Å². The highest BCUT2D eigenvalue weighted by Crippen LogP contribution is 2.36. The van der Waals surface area contributed by atoms with Gasteiger partial charge in [0.15, 0.2) is 0 Å². The van der Waals surface area contributed by atoms with E-state index < -0.39 is 5.82 Å². The molecule has 0 saturated heterocycles. The quantitative estimate of drug-likeness (QED) is 0.312. The number of nitrogens with one attached hydrogen (secondary N) is 3. The van der Waals surface area contributed by atoms with Crippen molar-refractivity contribution >= 4 is 50.9 Å². The number of thiophene rings is 1. The van der Waals surface area contributed by atoms with E-state index in [1.54, 1.807) is 42.9 Å². The molecule has 1 aliphatic rings. The molecule has 0 radical (unpaired) electrons. The maximum atomic E-state index is 13.3. The van der Waals surface area contributed by atoms with Crippen LogP contribution in [0.25, 0.3) is 10.2 Å². The summed E-state index contributed by atoms with van der Waals surface area (Å²) < 4.78 is 13.3. The van der Waals surface area contributed by atoms with E-state index in [0.29, 0.717) is 12.2 Å². The first-order valence-electron chi connectivity index (χ1n) is 10.9. The highest BCUT2D eigenvalue weighted by atomic mass is 35.5. The number of rotatable bonds is 6. The van der Waals surface area contributed by atoms with Gasteiger partial charge in [-0.3, -0.25) is 0 Å². The first-order valence-corrected chi connectivity index (χ1v) is 12.1. The average Bonchev–Trinajstić information content (AvgIpc) is 3.20. The summed E-state index contributed by atoms with van der Waals surface area (Å²) in [7, 11) is 1.81. The number of hydrogen-bond donors (Lipinski definition) is 3. The van der Waals surface area contributed by atoms with Crippen LogP contribution in [0.15, 0.2) is 37.2 Å². The molecule has 0 amide bonds. The third-order valence-electron chi connectivity index (χ3n) is 4.61. The van der Waals surface area contributed by atoms with Crippen LogP contribution in [-0.4, -0.2) is 36.4 Å². The van der Waals surface area contributed by atoms with Crippen molar-refractivity contribution in [2.75, 3.05) is 25.5 Å². The van der Waals surface area contributed by atoms with E-state index in [9.17, 15) is 9.18 Å². The van der Waals surface area contributed by atoms with E-state index in [-0.39, 0.29) is 10.9 Å². The third-order valence-corrected chi connectivity index (χ3v) is 6.04. The van der Waals surface area contributed by atoms with Crippen LogP contribution in [0.1, 0.15) is 30.7 Å². The predicted octanol–water partition coefficient (Wildman–Crippen LogP) is 5.50. The van der Waals surface area contributed by atoms with Gasteiger partial charge in [-0.05, 0) is 43.8 Å². The molecule has 33 heavy (non-hydrogen) atoms. The normalized spacial score (nSPS) is 13.0. The van der Waals surface area contributed by atoms with Gasteiger partial charge in [-0.25, -0.2) is 14.4 Å². The monoisotopic (exact) mass is 491 g/mol.